The Balaban J connectivity index is 1.57. The van der Waals surface area contributed by atoms with Crippen molar-refractivity contribution in [3.63, 3.8) is 0 Å². The molecular formula is C16H23NO. The molecule has 1 aromatic rings. The van der Waals surface area contributed by atoms with Crippen molar-refractivity contribution in [3.05, 3.63) is 35.4 Å². The topological polar surface area (TPSA) is 21.3 Å². The Bertz CT molecular complexity index is 404. The molecule has 3 unspecified atom stereocenters. The van der Waals surface area contributed by atoms with E-state index in [1.165, 1.54) is 38.5 Å². The van der Waals surface area contributed by atoms with Gasteiger partial charge in [-0.1, -0.05) is 24.3 Å². The number of nitrogens with one attached hydrogen (secondary N) is 1. The van der Waals surface area contributed by atoms with Crippen molar-refractivity contribution in [2.24, 2.45) is 0 Å². The Kier molecular flexibility index (Phi) is 3.67. The van der Waals surface area contributed by atoms with E-state index in [2.05, 4.69) is 29.6 Å². The number of hydrogen-bond donors (Lipinski definition) is 1. The Morgan fingerprint density at radius 3 is 2.67 bits per heavy atom. The normalized spacial score (nSPS) is 31.3. The first-order valence-electron chi connectivity index (χ1n) is 7.21. The summed E-state index contributed by atoms with van der Waals surface area (Å²) in [5, 5.41) is 3.84. The van der Waals surface area contributed by atoms with Gasteiger partial charge in [0.1, 0.15) is 0 Å². The maximum Gasteiger partial charge on any atom is 0.0586 e. The number of benzene rings is 1. The fourth-order valence-electron chi connectivity index (χ4n) is 3.48. The van der Waals surface area contributed by atoms with Gasteiger partial charge in [-0.3, -0.25) is 0 Å². The number of rotatable bonds is 3. The van der Waals surface area contributed by atoms with Gasteiger partial charge in [0.25, 0.3) is 0 Å². The molecule has 3 atom stereocenters. The molecule has 2 aliphatic rings. The predicted molar refractivity (Wildman–Crippen MR) is 73.8 cm³/mol. The number of fused-ring (bicyclic) bond motifs is 1. The van der Waals surface area contributed by atoms with E-state index in [1.54, 1.807) is 11.1 Å². The lowest BCUT2D eigenvalue weighted by Gasteiger charge is -2.28. The lowest BCUT2D eigenvalue weighted by atomic mass is 9.88. The van der Waals surface area contributed by atoms with Gasteiger partial charge in [0.15, 0.2) is 0 Å². The summed E-state index contributed by atoms with van der Waals surface area (Å²) in [6.45, 7) is 0. The van der Waals surface area contributed by atoms with E-state index in [0.29, 0.717) is 18.2 Å². The van der Waals surface area contributed by atoms with E-state index in [1.807, 2.05) is 7.11 Å². The van der Waals surface area contributed by atoms with Gasteiger partial charge in [-0.05, 0) is 49.7 Å². The molecule has 2 heteroatoms. The van der Waals surface area contributed by atoms with E-state index in [-0.39, 0.29) is 0 Å². The lowest BCUT2D eigenvalue weighted by Crippen LogP contribution is -2.40. The van der Waals surface area contributed by atoms with E-state index >= 15 is 0 Å². The van der Waals surface area contributed by atoms with Crippen molar-refractivity contribution in [1.82, 2.24) is 5.32 Å². The maximum atomic E-state index is 5.45. The summed E-state index contributed by atoms with van der Waals surface area (Å²) in [5.41, 5.74) is 3.10. The van der Waals surface area contributed by atoms with Gasteiger partial charge in [-0.25, -0.2) is 0 Å². The number of aryl methyl sites for hydroxylation is 1. The Morgan fingerprint density at radius 2 is 1.89 bits per heavy atom. The molecule has 1 N–H and O–H groups in total. The fourth-order valence-corrected chi connectivity index (χ4v) is 3.48. The van der Waals surface area contributed by atoms with E-state index in [4.69, 9.17) is 4.74 Å². The molecule has 1 fully saturated rings. The molecule has 0 heterocycles. The second kappa shape index (κ2) is 5.41. The summed E-state index contributed by atoms with van der Waals surface area (Å²) >= 11 is 0. The molecule has 0 radical (unpaired) electrons. The van der Waals surface area contributed by atoms with Crippen LogP contribution in [-0.4, -0.2) is 25.3 Å². The third-order valence-corrected chi connectivity index (χ3v) is 4.54. The van der Waals surface area contributed by atoms with Crippen molar-refractivity contribution >= 4 is 0 Å². The molecule has 3 rings (SSSR count). The van der Waals surface area contributed by atoms with Gasteiger partial charge in [0.05, 0.1) is 6.10 Å². The van der Waals surface area contributed by atoms with Gasteiger partial charge in [-0.2, -0.15) is 0 Å². The zero-order valence-corrected chi connectivity index (χ0v) is 11.2. The first kappa shape index (κ1) is 12.2. The quantitative estimate of drug-likeness (QED) is 0.884. The summed E-state index contributed by atoms with van der Waals surface area (Å²) in [6.07, 6.45) is 7.88. The molecule has 0 saturated heterocycles. The van der Waals surface area contributed by atoms with E-state index in [9.17, 15) is 0 Å². The minimum absolute atomic E-state index is 0.485. The molecule has 0 aromatic heterocycles. The van der Waals surface area contributed by atoms with Crippen LogP contribution in [0.4, 0.5) is 0 Å². The highest BCUT2D eigenvalue weighted by atomic mass is 16.5. The summed E-state index contributed by atoms with van der Waals surface area (Å²) in [7, 11) is 1.84. The molecule has 0 bridgehead atoms. The van der Waals surface area contributed by atoms with Crippen LogP contribution in [-0.2, 0) is 17.6 Å². The van der Waals surface area contributed by atoms with Crippen LogP contribution >= 0.6 is 0 Å². The molecular weight excluding hydrogens is 222 g/mol. The van der Waals surface area contributed by atoms with Crippen LogP contribution < -0.4 is 5.32 Å². The van der Waals surface area contributed by atoms with Gasteiger partial charge in [-0.15, -0.1) is 0 Å². The molecule has 0 spiro atoms. The average Bonchev–Trinajstić information content (AvgIpc) is 2.86. The van der Waals surface area contributed by atoms with Crippen molar-refractivity contribution in [1.29, 1.82) is 0 Å². The first-order chi connectivity index (χ1) is 8.85. The first-order valence-corrected chi connectivity index (χ1v) is 7.21. The molecule has 0 aliphatic heterocycles. The van der Waals surface area contributed by atoms with Crippen LogP contribution in [0, 0.1) is 0 Å². The van der Waals surface area contributed by atoms with Crippen molar-refractivity contribution < 1.29 is 4.74 Å². The molecule has 0 amide bonds. The Morgan fingerprint density at radius 1 is 1.06 bits per heavy atom. The monoisotopic (exact) mass is 245 g/mol. The second-order valence-electron chi connectivity index (χ2n) is 5.74. The van der Waals surface area contributed by atoms with Crippen LogP contribution in [0.15, 0.2) is 24.3 Å². The second-order valence-corrected chi connectivity index (χ2v) is 5.74. The zero-order valence-electron chi connectivity index (χ0n) is 11.2. The Labute approximate surface area is 110 Å². The minimum atomic E-state index is 0.485. The molecule has 2 aliphatic carbocycles. The van der Waals surface area contributed by atoms with Gasteiger partial charge in [0, 0.05) is 19.2 Å². The van der Waals surface area contributed by atoms with Crippen LogP contribution in [0.3, 0.4) is 0 Å². The van der Waals surface area contributed by atoms with Crippen LogP contribution in [0.1, 0.15) is 36.8 Å². The molecule has 18 heavy (non-hydrogen) atoms. The van der Waals surface area contributed by atoms with E-state index < -0.39 is 0 Å². The maximum absolute atomic E-state index is 5.45. The smallest absolute Gasteiger partial charge is 0.0586 e. The van der Waals surface area contributed by atoms with Crippen molar-refractivity contribution in [2.75, 3.05) is 7.11 Å². The third kappa shape index (κ3) is 2.60. The van der Waals surface area contributed by atoms with Crippen molar-refractivity contribution in [2.45, 2.75) is 56.7 Å². The number of ether oxygens (including phenoxy) is 1. The van der Waals surface area contributed by atoms with Crippen molar-refractivity contribution in [3.8, 4) is 0 Å². The number of methoxy groups -OCH3 is 1. The third-order valence-electron chi connectivity index (χ3n) is 4.54. The lowest BCUT2D eigenvalue weighted by molar-refractivity contribution is 0.106. The fraction of sp³-hybridized carbons (Fsp3) is 0.625. The summed E-state index contributed by atoms with van der Waals surface area (Å²) in [4.78, 5) is 0. The largest absolute Gasteiger partial charge is 0.381 e. The van der Waals surface area contributed by atoms with Gasteiger partial charge < -0.3 is 10.1 Å². The molecule has 1 saturated carbocycles. The number of hydrogen-bond acceptors (Lipinski definition) is 2. The highest BCUT2D eigenvalue weighted by molar-refractivity contribution is 5.30. The van der Waals surface area contributed by atoms with E-state index in [0.717, 1.165) is 0 Å². The molecule has 2 nitrogen and oxygen atoms in total. The standard InChI is InChI=1S/C16H23NO/c1-18-16-9-8-15(11-16)17-14-7-6-12-4-2-3-5-13(12)10-14/h2-5,14-17H,6-11H2,1H3. The van der Waals surface area contributed by atoms with Crippen LogP contribution in [0.25, 0.3) is 0 Å². The highest BCUT2D eigenvalue weighted by Crippen LogP contribution is 2.25. The Hall–Kier alpha value is -0.860. The molecule has 1 aromatic carbocycles. The zero-order chi connectivity index (χ0) is 12.4. The summed E-state index contributed by atoms with van der Waals surface area (Å²) in [6, 6.07) is 10.2. The SMILES string of the molecule is COC1CCC(NC2CCc3ccccc3C2)C1. The molecule has 98 valence electrons. The van der Waals surface area contributed by atoms with Gasteiger partial charge >= 0.3 is 0 Å². The summed E-state index contributed by atoms with van der Waals surface area (Å²) in [5.74, 6) is 0. The van der Waals surface area contributed by atoms with Crippen LogP contribution in [0.5, 0.6) is 0 Å². The predicted octanol–water partition coefficient (Wildman–Crippen LogP) is 2.70. The minimum Gasteiger partial charge on any atom is -0.381 e. The average molecular weight is 245 g/mol. The highest BCUT2D eigenvalue weighted by Gasteiger charge is 2.27. The van der Waals surface area contributed by atoms with Gasteiger partial charge in [0.2, 0.25) is 0 Å². The summed E-state index contributed by atoms with van der Waals surface area (Å²) < 4.78 is 5.45. The van der Waals surface area contributed by atoms with Crippen LogP contribution in [0.2, 0.25) is 0 Å².